The third-order valence-corrected chi connectivity index (χ3v) is 13.1. The highest BCUT2D eigenvalue weighted by atomic mass is 32.2. The molecular weight excluding hydrogens is 747 g/mol. The fourth-order valence-electron chi connectivity index (χ4n) is 7.89. The van der Waals surface area contributed by atoms with E-state index in [2.05, 4.69) is 42.0 Å². The highest BCUT2D eigenvalue weighted by molar-refractivity contribution is 7.89. The van der Waals surface area contributed by atoms with E-state index in [1.165, 1.54) is 4.31 Å². The summed E-state index contributed by atoms with van der Waals surface area (Å²) >= 11 is 0. The van der Waals surface area contributed by atoms with Gasteiger partial charge in [0.25, 0.3) is 5.91 Å². The first kappa shape index (κ1) is 37.8. The van der Waals surface area contributed by atoms with Crippen molar-refractivity contribution in [1.29, 1.82) is 5.26 Å². The molecule has 0 bridgehead atoms. The molecule has 1 atom stereocenters. The number of nitrogens with zero attached hydrogens (tertiary/aromatic N) is 7. The Hall–Kier alpha value is -6.12. The number of rotatable bonds is 12. The number of imide groups is 1. The molecule has 0 aliphatic carbocycles. The van der Waals surface area contributed by atoms with Gasteiger partial charge in [0, 0.05) is 79.4 Å². The predicted octanol–water partition coefficient (Wildman–Crippen LogP) is 4.01. The molecule has 0 spiro atoms. The van der Waals surface area contributed by atoms with Gasteiger partial charge in [0.1, 0.15) is 11.2 Å². The van der Waals surface area contributed by atoms with Crippen molar-refractivity contribution >= 4 is 56.1 Å². The highest BCUT2D eigenvalue weighted by Gasteiger charge is 2.49. The lowest BCUT2D eigenvalue weighted by molar-refractivity contribution is -0.134. The van der Waals surface area contributed by atoms with E-state index in [1.54, 1.807) is 54.5 Å². The maximum atomic E-state index is 13.1. The number of fused-ring (bicyclic) bond motifs is 1. The summed E-state index contributed by atoms with van der Waals surface area (Å²) in [6, 6.07) is 19.2. The van der Waals surface area contributed by atoms with Crippen molar-refractivity contribution in [2.75, 3.05) is 48.7 Å². The molecule has 6 heterocycles. The zero-order valence-electron chi connectivity index (χ0n) is 31.4. The van der Waals surface area contributed by atoms with Gasteiger partial charge in [-0.15, -0.1) is 0 Å². The van der Waals surface area contributed by atoms with Crippen molar-refractivity contribution in [3.05, 3.63) is 84.3 Å². The summed E-state index contributed by atoms with van der Waals surface area (Å²) in [7, 11) is -3.38. The molecular formula is C40H43N11O5S. The van der Waals surface area contributed by atoms with Crippen molar-refractivity contribution in [2.45, 2.75) is 50.5 Å². The summed E-state index contributed by atoms with van der Waals surface area (Å²) in [5, 5.41) is 23.7. The standard InChI is InChI=1S/C40H43N11O5S/c1-2-57(55,56)50-24-40(25-50,16-17-41)51-23-29(22-44-51)35-33-13-18-42-36(33)48-39(47-35)45-30-7-3-28(4-8-30)37(53)43-21-26-14-19-49(20-15-26)31-9-5-27(6-10-31)32-11-12-34(52)46-38(32)54/h3-10,13,18,22-23,26,32H,2,11-12,14-16,19-21,24-25H2,1H3,(H,43,53)(H,46,52,54)(H2,42,45,47,48). The molecule has 5 aromatic rings. The number of aromatic amines is 1. The van der Waals surface area contributed by atoms with E-state index in [-0.39, 0.29) is 48.9 Å². The van der Waals surface area contributed by atoms with Gasteiger partial charge >= 0.3 is 0 Å². The number of sulfonamides is 1. The lowest BCUT2D eigenvalue weighted by Gasteiger charge is -2.47. The molecule has 3 aliphatic rings. The number of hydrogen-bond acceptors (Lipinski definition) is 11. The van der Waals surface area contributed by atoms with Gasteiger partial charge in [0.05, 0.1) is 36.1 Å². The van der Waals surface area contributed by atoms with Gasteiger partial charge in [-0.2, -0.15) is 19.6 Å². The third-order valence-electron chi connectivity index (χ3n) is 11.3. The Kier molecular flexibility index (Phi) is 10.2. The Morgan fingerprint density at radius 2 is 1.77 bits per heavy atom. The Labute approximate surface area is 329 Å². The van der Waals surface area contributed by atoms with Crippen LogP contribution in [0.2, 0.25) is 0 Å². The van der Waals surface area contributed by atoms with Crippen molar-refractivity contribution in [3.8, 4) is 17.3 Å². The number of benzene rings is 2. The Morgan fingerprint density at radius 1 is 1.02 bits per heavy atom. The monoisotopic (exact) mass is 789 g/mol. The van der Waals surface area contributed by atoms with E-state index in [9.17, 15) is 28.1 Å². The second-order valence-electron chi connectivity index (χ2n) is 15.0. The molecule has 3 saturated heterocycles. The van der Waals surface area contributed by atoms with E-state index in [1.807, 2.05) is 30.3 Å². The summed E-state index contributed by atoms with van der Waals surface area (Å²) in [4.78, 5) is 51.8. The van der Waals surface area contributed by atoms with Crippen LogP contribution in [0.25, 0.3) is 22.3 Å². The normalized spacial score (nSPS) is 18.8. The average Bonchev–Trinajstić information content (AvgIpc) is 3.90. The number of piperidine rings is 2. The molecule has 16 nitrogen and oxygen atoms in total. The summed E-state index contributed by atoms with van der Waals surface area (Å²) in [5.74, 6) is -0.202. The molecule has 2 aromatic carbocycles. The number of hydrogen-bond donors (Lipinski definition) is 4. The summed E-state index contributed by atoms with van der Waals surface area (Å²) < 4.78 is 27.9. The highest BCUT2D eigenvalue weighted by Crippen LogP contribution is 2.36. The van der Waals surface area contributed by atoms with Gasteiger partial charge in [0.2, 0.25) is 27.8 Å². The first-order valence-electron chi connectivity index (χ1n) is 19.1. The smallest absolute Gasteiger partial charge is 0.251 e. The van der Waals surface area contributed by atoms with E-state index >= 15 is 0 Å². The zero-order valence-corrected chi connectivity index (χ0v) is 32.3. The summed E-state index contributed by atoms with van der Waals surface area (Å²) in [6.45, 7) is 4.27. The minimum atomic E-state index is -3.38. The van der Waals surface area contributed by atoms with Crippen LogP contribution in [0.5, 0.6) is 0 Å². The molecule has 0 radical (unpaired) electrons. The van der Waals surface area contributed by atoms with Gasteiger partial charge in [0.15, 0.2) is 0 Å². The average molecular weight is 790 g/mol. The van der Waals surface area contributed by atoms with Crippen LogP contribution >= 0.6 is 0 Å². The quantitative estimate of drug-likeness (QED) is 0.133. The lowest BCUT2D eigenvalue weighted by Crippen LogP contribution is -2.64. The van der Waals surface area contributed by atoms with Crippen LogP contribution in [-0.4, -0.2) is 93.7 Å². The van der Waals surface area contributed by atoms with E-state index in [0.29, 0.717) is 59.4 Å². The molecule has 294 valence electrons. The number of H-pyrrole nitrogens is 1. The predicted molar refractivity (Wildman–Crippen MR) is 213 cm³/mol. The summed E-state index contributed by atoms with van der Waals surface area (Å²) in [5.41, 5.74) is 4.40. The molecule has 0 saturated carbocycles. The summed E-state index contributed by atoms with van der Waals surface area (Å²) in [6.07, 6.45) is 8.12. The Bertz CT molecular complexity index is 2460. The van der Waals surface area contributed by atoms with Gasteiger partial charge in [-0.1, -0.05) is 12.1 Å². The van der Waals surface area contributed by atoms with Crippen LogP contribution in [0, 0.1) is 17.2 Å². The molecule has 3 amide bonds. The molecule has 8 rings (SSSR count). The maximum Gasteiger partial charge on any atom is 0.251 e. The number of anilines is 3. The largest absolute Gasteiger partial charge is 0.372 e. The van der Waals surface area contributed by atoms with Crippen molar-refractivity contribution in [3.63, 3.8) is 0 Å². The van der Waals surface area contributed by atoms with Crippen molar-refractivity contribution in [2.24, 2.45) is 5.92 Å². The van der Waals surface area contributed by atoms with Gasteiger partial charge in [-0.25, -0.2) is 13.4 Å². The van der Waals surface area contributed by atoms with Crippen molar-refractivity contribution < 1.29 is 22.8 Å². The number of carbonyl (C=O) groups excluding carboxylic acids is 3. The van der Waals surface area contributed by atoms with Crippen LogP contribution in [0.1, 0.15) is 60.9 Å². The zero-order chi connectivity index (χ0) is 39.7. The number of nitriles is 1. The SMILES string of the molecule is CCS(=O)(=O)N1CC(CC#N)(n2cc(-c3nc(Nc4ccc(C(=O)NCC5CCN(c6ccc(C7CCC(=O)NC7=O)cc6)CC5)cc4)nc4[nH]ccc34)cn2)C1. The molecule has 1 unspecified atom stereocenters. The topological polar surface area (TPSA) is 211 Å². The van der Waals surface area contributed by atoms with E-state index in [0.717, 1.165) is 42.6 Å². The van der Waals surface area contributed by atoms with E-state index in [4.69, 9.17) is 4.98 Å². The molecule has 17 heteroatoms. The maximum absolute atomic E-state index is 13.1. The molecule has 4 N–H and O–H groups in total. The molecule has 57 heavy (non-hydrogen) atoms. The van der Waals surface area contributed by atoms with E-state index < -0.39 is 15.6 Å². The molecule has 3 aliphatic heterocycles. The first-order chi connectivity index (χ1) is 27.5. The first-order valence-corrected chi connectivity index (χ1v) is 20.7. The Balaban J connectivity index is 0.858. The van der Waals surface area contributed by atoms with Gasteiger partial charge in [-0.3, -0.25) is 24.4 Å². The fraction of sp³-hybridized carbons (Fsp3) is 0.375. The minimum Gasteiger partial charge on any atom is -0.372 e. The number of amides is 3. The second-order valence-corrected chi connectivity index (χ2v) is 17.2. The van der Waals surface area contributed by atoms with Crippen LogP contribution in [0.3, 0.4) is 0 Å². The second kappa shape index (κ2) is 15.4. The number of carbonyl (C=O) groups is 3. The van der Waals surface area contributed by atoms with Gasteiger partial charge < -0.3 is 20.5 Å². The van der Waals surface area contributed by atoms with Crippen LogP contribution in [0.15, 0.2) is 73.2 Å². The van der Waals surface area contributed by atoms with Crippen LogP contribution < -0.4 is 20.9 Å². The lowest BCUT2D eigenvalue weighted by atomic mass is 9.89. The fourth-order valence-corrected chi connectivity index (χ4v) is 9.13. The minimum absolute atomic E-state index is 0.00488. The van der Waals surface area contributed by atoms with Crippen LogP contribution in [-0.2, 0) is 25.2 Å². The molecule has 3 fully saturated rings. The number of nitrogens with one attached hydrogen (secondary N) is 4. The molecule has 3 aromatic heterocycles. The third kappa shape index (κ3) is 7.70. The van der Waals surface area contributed by atoms with Gasteiger partial charge in [-0.05, 0) is 80.1 Å². The Morgan fingerprint density at radius 3 is 2.47 bits per heavy atom. The number of aromatic nitrogens is 5. The van der Waals surface area contributed by atoms with Crippen LogP contribution in [0.4, 0.5) is 17.3 Å². The van der Waals surface area contributed by atoms with Crippen molar-refractivity contribution in [1.82, 2.24) is 39.7 Å².